The molecular weight excluding hydrogens is 482 g/mol. The molecule has 0 spiro atoms. The highest BCUT2D eigenvalue weighted by molar-refractivity contribution is 9.10. The molecule has 10 heteroatoms. The Morgan fingerprint density at radius 1 is 0.680 bits per heavy atom. The number of nitrogens with zero attached hydrogens (tertiary/aromatic N) is 2. The highest BCUT2D eigenvalue weighted by Crippen LogP contribution is 2.65. The molecule has 0 atom stereocenters. The molecule has 0 bridgehead atoms. The maximum absolute atomic E-state index is 14.4. The Morgan fingerprint density at radius 2 is 1.04 bits per heavy atom. The van der Waals surface area contributed by atoms with E-state index >= 15 is 0 Å². The SMILES string of the molecule is FC1(F)C(c2cccnc2Br)=C(c2cccnc2Br)C(F)(F)C1(F)F. The molecule has 0 saturated carbocycles. The zero-order valence-electron chi connectivity index (χ0n) is 11.9. The third-order valence-corrected chi connectivity index (χ3v) is 4.99. The number of allylic oxidation sites excluding steroid dienone is 2. The monoisotopic (exact) mass is 486 g/mol. The second-order valence-corrected chi connectivity index (χ2v) is 6.66. The number of pyridine rings is 2. The van der Waals surface area contributed by atoms with E-state index < -0.39 is 40.0 Å². The lowest BCUT2D eigenvalue weighted by atomic mass is 9.97. The molecule has 0 N–H and O–H groups in total. The molecule has 25 heavy (non-hydrogen) atoms. The van der Waals surface area contributed by atoms with Crippen molar-refractivity contribution >= 4 is 43.0 Å². The average molecular weight is 488 g/mol. The number of hydrogen-bond donors (Lipinski definition) is 0. The van der Waals surface area contributed by atoms with E-state index in [4.69, 9.17) is 0 Å². The van der Waals surface area contributed by atoms with Gasteiger partial charge < -0.3 is 0 Å². The van der Waals surface area contributed by atoms with E-state index in [-0.39, 0.29) is 9.21 Å². The van der Waals surface area contributed by atoms with Crippen molar-refractivity contribution in [2.75, 3.05) is 0 Å². The van der Waals surface area contributed by atoms with Crippen LogP contribution in [0.5, 0.6) is 0 Å². The van der Waals surface area contributed by atoms with E-state index in [1.807, 2.05) is 0 Å². The van der Waals surface area contributed by atoms with Gasteiger partial charge in [0.1, 0.15) is 9.21 Å². The summed E-state index contributed by atoms with van der Waals surface area (Å²) in [5.41, 5.74) is -4.07. The lowest BCUT2D eigenvalue weighted by Gasteiger charge is -2.26. The van der Waals surface area contributed by atoms with Crippen molar-refractivity contribution in [2.24, 2.45) is 0 Å². The van der Waals surface area contributed by atoms with E-state index in [0.29, 0.717) is 0 Å². The normalized spacial score (nSPS) is 20.8. The Bertz CT molecular complexity index is 812. The molecular formula is C15H6Br2F6N2. The molecule has 2 heterocycles. The smallest absolute Gasteiger partial charge is 0.249 e. The fraction of sp³-hybridized carbons (Fsp3) is 0.200. The minimum atomic E-state index is -5.62. The molecule has 1 aliphatic carbocycles. The van der Waals surface area contributed by atoms with Crippen LogP contribution in [0, 0.1) is 0 Å². The zero-order chi connectivity index (χ0) is 18.6. The summed E-state index contributed by atoms with van der Waals surface area (Å²) in [5, 5.41) is 0. The highest BCUT2D eigenvalue weighted by atomic mass is 79.9. The van der Waals surface area contributed by atoms with Crippen LogP contribution in [0.2, 0.25) is 0 Å². The first-order valence-electron chi connectivity index (χ1n) is 6.64. The third kappa shape index (κ3) is 2.44. The number of halogens is 8. The van der Waals surface area contributed by atoms with Gasteiger partial charge in [-0.15, -0.1) is 0 Å². The van der Waals surface area contributed by atoms with Gasteiger partial charge in [0.25, 0.3) is 0 Å². The second kappa shape index (κ2) is 5.80. The average Bonchev–Trinajstić information content (AvgIpc) is 2.63. The first kappa shape index (κ1) is 18.4. The van der Waals surface area contributed by atoms with Crippen LogP contribution in [-0.2, 0) is 0 Å². The van der Waals surface area contributed by atoms with Gasteiger partial charge in [0.15, 0.2) is 0 Å². The van der Waals surface area contributed by atoms with Crippen LogP contribution in [-0.4, -0.2) is 27.7 Å². The van der Waals surface area contributed by atoms with Crippen LogP contribution >= 0.6 is 31.9 Å². The molecule has 0 fully saturated rings. The predicted octanol–water partition coefficient (Wildman–Crippen LogP) is 5.83. The summed E-state index contributed by atoms with van der Waals surface area (Å²) >= 11 is 5.71. The van der Waals surface area contributed by atoms with Crippen LogP contribution < -0.4 is 0 Å². The standard InChI is InChI=1S/C15H6Br2F6N2/c16-11-7(3-1-5-24-11)9-10(8-4-2-6-25-12(8)17)14(20,21)15(22,23)13(9,18)19/h1-6H. The van der Waals surface area contributed by atoms with Crippen molar-refractivity contribution in [2.45, 2.75) is 17.8 Å². The van der Waals surface area contributed by atoms with Gasteiger partial charge in [-0.25, -0.2) is 9.97 Å². The van der Waals surface area contributed by atoms with Crippen LogP contribution in [0.3, 0.4) is 0 Å². The van der Waals surface area contributed by atoms with Gasteiger partial charge in [0.2, 0.25) is 0 Å². The summed E-state index contributed by atoms with van der Waals surface area (Å²) < 4.78 is 85.3. The predicted molar refractivity (Wildman–Crippen MR) is 85.5 cm³/mol. The summed E-state index contributed by atoms with van der Waals surface area (Å²) in [4.78, 5) is 7.33. The second-order valence-electron chi connectivity index (χ2n) is 5.16. The third-order valence-electron chi connectivity index (χ3n) is 3.72. The zero-order valence-corrected chi connectivity index (χ0v) is 15.1. The summed E-state index contributed by atoms with van der Waals surface area (Å²) in [6, 6.07) is 4.41. The summed E-state index contributed by atoms with van der Waals surface area (Å²) in [6.07, 6.45) is 2.41. The molecule has 2 aromatic rings. The van der Waals surface area contributed by atoms with Gasteiger partial charge >= 0.3 is 17.8 Å². The van der Waals surface area contributed by atoms with Gasteiger partial charge in [-0.1, -0.05) is 12.1 Å². The van der Waals surface area contributed by atoms with E-state index in [0.717, 1.165) is 12.1 Å². The Labute approximate surface area is 154 Å². The van der Waals surface area contributed by atoms with Crippen LogP contribution in [0.1, 0.15) is 11.1 Å². The van der Waals surface area contributed by atoms with Gasteiger partial charge in [0, 0.05) is 34.7 Å². The van der Waals surface area contributed by atoms with Crippen LogP contribution in [0.15, 0.2) is 45.9 Å². The minimum Gasteiger partial charge on any atom is -0.249 e. The Balaban J connectivity index is 2.47. The summed E-state index contributed by atoms with van der Waals surface area (Å²) in [6.45, 7) is 0. The fourth-order valence-electron chi connectivity index (χ4n) is 2.58. The van der Waals surface area contributed by atoms with E-state index in [2.05, 4.69) is 41.8 Å². The number of alkyl halides is 6. The molecule has 0 saturated heterocycles. The molecule has 1 aliphatic rings. The topological polar surface area (TPSA) is 25.8 Å². The van der Waals surface area contributed by atoms with Crippen molar-refractivity contribution in [3.8, 4) is 0 Å². The molecule has 2 aromatic heterocycles. The van der Waals surface area contributed by atoms with Crippen molar-refractivity contribution in [3.05, 3.63) is 57.0 Å². The molecule has 0 amide bonds. The number of aromatic nitrogens is 2. The van der Waals surface area contributed by atoms with Gasteiger partial charge in [-0.3, -0.25) is 0 Å². The summed E-state index contributed by atoms with van der Waals surface area (Å²) in [5.74, 6) is -15.9. The Kier molecular flexibility index (Phi) is 4.26. The van der Waals surface area contributed by atoms with Gasteiger partial charge in [-0.2, -0.15) is 26.3 Å². The van der Waals surface area contributed by atoms with Crippen molar-refractivity contribution < 1.29 is 26.3 Å². The van der Waals surface area contributed by atoms with Crippen LogP contribution in [0.25, 0.3) is 11.1 Å². The lowest BCUT2D eigenvalue weighted by molar-refractivity contribution is -0.254. The number of hydrogen-bond acceptors (Lipinski definition) is 2. The Hall–Kier alpha value is -1.42. The molecule has 0 unspecified atom stereocenters. The molecule has 0 radical (unpaired) electrons. The van der Waals surface area contributed by atoms with Crippen molar-refractivity contribution in [3.63, 3.8) is 0 Å². The van der Waals surface area contributed by atoms with Crippen molar-refractivity contribution in [1.82, 2.24) is 9.97 Å². The Morgan fingerprint density at radius 3 is 1.36 bits per heavy atom. The number of rotatable bonds is 2. The maximum atomic E-state index is 14.4. The molecule has 2 nitrogen and oxygen atoms in total. The highest BCUT2D eigenvalue weighted by Gasteiger charge is 2.80. The quantitative estimate of drug-likeness (QED) is 0.393. The van der Waals surface area contributed by atoms with Crippen LogP contribution in [0.4, 0.5) is 26.3 Å². The summed E-state index contributed by atoms with van der Waals surface area (Å²) in [7, 11) is 0. The van der Waals surface area contributed by atoms with E-state index in [9.17, 15) is 26.3 Å². The lowest BCUT2D eigenvalue weighted by Crippen LogP contribution is -2.49. The van der Waals surface area contributed by atoms with E-state index in [1.54, 1.807) is 0 Å². The largest absolute Gasteiger partial charge is 0.380 e. The van der Waals surface area contributed by atoms with Gasteiger partial charge in [-0.05, 0) is 44.0 Å². The van der Waals surface area contributed by atoms with Gasteiger partial charge in [0.05, 0.1) is 0 Å². The first-order chi connectivity index (χ1) is 11.5. The van der Waals surface area contributed by atoms with Crippen molar-refractivity contribution in [1.29, 1.82) is 0 Å². The molecule has 0 aliphatic heterocycles. The first-order valence-corrected chi connectivity index (χ1v) is 8.22. The molecule has 3 rings (SSSR count). The fourth-order valence-corrected chi connectivity index (χ4v) is 3.48. The maximum Gasteiger partial charge on any atom is 0.380 e. The minimum absolute atomic E-state index is 0.254. The van der Waals surface area contributed by atoms with E-state index in [1.165, 1.54) is 24.5 Å². The molecule has 0 aromatic carbocycles. The molecule has 132 valence electrons.